The van der Waals surface area contributed by atoms with Crippen molar-refractivity contribution < 1.29 is 31.7 Å². The molecular weight excluding hydrogens is 386 g/mol. The van der Waals surface area contributed by atoms with Gasteiger partial charge in [0.25, 0.3) is 10.1 Å². The van der Waals surface area contributed by atoms with Crippen molar-refractivity contribution >= 4 is 22.2 Å². The molecule has 1 amide bonds. The molecule has 0 aliphatic heterocycles. The summed E-state index contributed by atoms with van der Waals surface area (Å²) < 4.78 is 39.1. The van der Waals surface area contributed by atoms with Gasteiger partial charge < -0.3 is 14.8 Å². The number of nitrogens with one attached hydrogen (secondary N) is 1. The summed E-state index contributed by atoms with van der Waals surface area (Å²) in [6, 6.07) is -0.742. The SMILES string of the molecule is CC[C@H](C)[C@H](NC(=O)OC(C)(C)C)[C@H](/C=C/C(=O)OC(C)(C)C)OS(C)(=O)=O. The van der Waals surface area contributed by atoms with E-state index in [2.05, 4.69) is 5.32 Å². The van der Waals surface area contributed by atoms with Crippen LogP contribution in [-0.4, -0.2) is 50.1 Å². The van der Waals surface area contributed by atoms with E-state index < -0.39 is 45.5 Å². The molecule has 0 aliphatic rings. The quantitative estimate of drug-likeness (QED) is 0.364. The number of alkyl carbamates (subject to hydrolysis) is 1. The van der Waals surface area contributed by atoms with Crippen LogP contribution in [0.2, 0.25) is 0 Å². The summed E-state index contributed by atoms with van der Waals surface area (Å²) in [5.74, 6) is -0.808. The molecule has 0 aliphatic carbocycles. The first-order valence-electron chi connectivity index (χ1n) is 9.22. The van der Waals surface area contributed by atoms with E-state index in [9.17, 15) is 18.0 Å². The van der Waals surface area contributed by atoms with Crippen molar-refractivity contribution in [1.29, 1.82) is 0 Å². The molecule has 0 unspecified atom stereocenters. The highest BCUT2D eigenvalue weighted by atomic mass is 32.2. The molecule has 0 rings (SSSR count). The second kappa shape index (κ2) is 10.2. The minimum absolute atomic E-state index is 0.164. The average Bonchev–Trinajstić information content (AvgIpc) is 2.43. The van der Waals surface area contributed by atoms with Crippen molar-refractivity contribution in [2.75, 3.05) is 6.26 Å². The van der Waals surface area contributed by atoms with Gasteiger partial charge in [-0.05, 0) is 53.5 Å². The first kappa shape index (κ1) is 26.4. The van der Waals surface area contributed by atoms with Gasteiger partial charge in [-0.15, -0.1) is 0 Å². The molecule has 0 heterocycles. The second-order valence-electron chi connectivity index (χ2n) is 8.72. The van der Waals surface area contributed by atoms with Crippen molar-refractivity contribution in [3.63, 3.8) is 0 Å². The van der Waals surface area contributed by atoms with Crippen LogP contribution in [0.4, 0.5) is 4.79 Å². The summed E-state index contributed by atoms with van der Waals surface area (Å²) in [5, 5.41) is 2.66. The van der Waals surface area contributed by atoms with Crippen LogP contribution in [0.15, 0.2) is 12.2 Å². The third kappa shape index (κ3) is 12.7. The van der Waals surface area contributed by atoms with Crippen LogP contribution in [0.3, 0.4) is 0 Å². The van der Waals surface area contributed by atoms with Gasteiger partial charge in [-0.3, -0.25) is 4.18 Å². The molecule has 3 atom stereocenters. The minimum atomic E-state index is -3.86. The monoisotopic (exact) mass is 421 g/mol. The third-order valence-electron chi connectivity index (χ3n) is 3.41. The number of hydrogen-bond acceptors (Lipinski definition) is 7. The fourth-order valence-electron chi connectivity index (χ4n) is 2.17. The van der Waals surface area contributed by atoms with Crippen LogP contribution < -0.4 is 5.32 Å². The number of hydrogen-bond donors (Lipinski definition) is 1. The fraction of sp³-hybridized carbons (Fsp3) is 0.789. The number of esters is 1. The summed E-state index contributed by atoms with van der Waals surface area (Å²) in [4.78, 5) is 24.2. The highest BCUT2D eigenvalue weighted by Gasteiger charge is 2.31. The topological polar surface area (TPSA) is 108 Å². The molecule has 0 spiro atoms. The van der Waals surface area contributed by atoms with Gasteiger partial charge in [-0.2, -0.15) is 8.42 Å². The lowest BCUT2D eigenvalue weighted by Crippen LogP contribution is -2.49. The minimum Gasteiger partial charge on any atom is -0.457 e. The molecular formula is C19H35NO7S. The molecule has 0 saturated heterocycles. The summed E-state index contributed by atoms with van der Waals surface area (Å²) in [6.45, 7) is 14.0. The molecule has 164 valence electrons. The maximum atomic E-state index is 12.2. The first-order valence-corrected chi connectivity index (χ1v) is 11.0. The molecule has 9 heteroatoms. The van der Waals surface area contributed by atoms with Crippen molar-refractivity contribution in [2.45, 2.75) is 85.2 Å². The highest BCUT2D eigenvalue weighted by Crippen LogP contribution is 2.19. The normalized spacial score (nSPS) is 16.3. The molecule has 8 nitrogen and oxygen atoms in total. The Morgan fingerprint density at radius 3 is 1.93 bits per heavy atom. The van der Waals surface area contributed by atoms with E-state index in [0.717, 1.165) is 12.3 Å². The molecule has 0 aromatic carbocycles. The van der Waals surface area contributed by atoms with Crippen molar-refractivity contribution in [2.24, 2.45) is 5.92 Å². The van der Waals surface area contributed by atoms with Crippen LogP contribution in [-0.2, 0) is 28.6 Å². The predicted octanol–water partition coefficient (Wildman–Crippen LogP) is 3.17. The number of ether oxygens (including phenoxy) is 2. The smallest absolute Gasteiger partial charge is 0.407 e. The van der Waals surface area contributed by atoms with E-state index in [1.165, 1.54) is 6.08 Å². The number of rotatable bonds is 8. The summed E-state index contributed by atoms with van der Waals surface area (Å²) in [5.41, 5.74) is -1.41. The van der Waals surface area contributed by atoms with Crippen LogP contribution >= 0.6 is 0 Å². The number of amides is 1. The largest absolute Gasteiger partial charge is 0.457 e. The van der Waals surface area contributed by atoms with Gasteiger partial charge in [0.15, 0.2) is 0 Å². The maximum Gasteiger partial charge on any atom is 0.407 e. The van der Waals surface area contributed by atoms with E-state index in [0.29, 0.717) is 6.42 Å². The van der Waals surface area contributed by atoms with E-state index in [1.54, 1.807) is 41.5 Å². The maximum absolute atomic E-state index is 12.2. The molecule has 0 aromatic heterocycles. The van der Waals surface area contributed by atoms with Gasteiger partial charge in [0.1, 0.15) is 17.3 Å². The highest BCUT2D eigenvalue weighted by molar-refractivity contribution is 7.86. The Morgan fingerprint density at radius 2 is 1.54 bits per heavy atom. The molecule has 0 saturated carbocycles. The van der Waals surface area contributed by atoms with Gasteiger partial charge in [-0.25, -0.2) is 9.59 Å². The molecule has 1 N–H and O–H groups in total. The Labute approximate surface area is 169 Å². The predicted molar refractivity (Wildman–Crippen MR) is 107 cm³/mol. The molecule has 0 fully saturated rings. The Kier molecular flexibility index (Phi) is 9.66. The van der Waals surface area contributed by atoms with Gasteiger partial charge >= 0.3 is 12.1 Å². The first-order chi connectivity index (χ1) is 12.4. The lowest BCUT2D eigenvalue weighted by atomic mass is 9.94. The van der Waals surface area contributed by atoms with Gasteiger partial charge in [0.05, 0.1) is 12.3 Å². The van der Waals surface area contributed by atoms with Gasteiger partial charge in [-0.1, -0.05) is 20.3 Å². The average molecular weight is 422 g/mol. The van der Waals surface area contributed by atoms with Gasteiger partial charge in [0.2, 0.25) is 0 Å². The summed E-state index contributed by atoms with van der Waals surface area (Å²) in [7, 11) is -3.86. The Balaban J connectivity index is 5.67. The van der Waals surface area contributed by atoms with Crippen LogP contribution in [0.1, 0.15) is 61.8 Å². The van der Waals surface area contributed by atoms with E-state index in [4.69, 9.17) is 13.7 Å². The Bertz CT molecular complexity index is 657. The third-order valence-corrected chi connectivity index (χ3v) is 3.98. The number of carbonyl (C=O) groups excluding carboxylic acids is 2. The molecule has 28 heavy (non-hydrogen) atoms. The van der Waals surface area contributed by atoms with Crippen molar-refractivity contribution in [1.82, 2.24) is 5.32 Å². The van der Waals surface area contributed by atoms with E-state index in [-0.39, 0.29) is 5.92 Å². The Hall–Kier alpha value is -1.61. The fourth-order valence-corrected chi connectivity index (χ4v) is 2.76. The summed E-state index contributed by atoms with van der Waals surface area (Å²) >= 11 is 0. The van der Waals surface area contributed by atoms with Crippen molar-refractivity contribution in [3.8, 4) is 0 Å². The zero-order chi connectivity index (χ0) is 22.3. The Morgan fingerprint density at radius 1 is 1.04 bits per heavy atom. The van der Waals surface area contributed by atoms with Crippen LogP contribution in [0.25, 0.3) is 0 Å². The standard InChI is InChI=1S/C19H35NO7S/c1-10-13(2)16(20-17(22)26-19(6,7)8)14(27-28(9,23)24)11-12-15(21)25-18(3,4)5/h11-14,16H,10H2,1-9H3,(H,20,22)/b12-11+/t13-,14-,16-/m0/s1. The van der Waals surface area contributed by atoms with Crippen LogP contribution in [0, 0.1) is 5.92 Å². The second-order valence-corrected chi connectivity index (χ2v) is 10.3. The van der Waals surface area contributed by atoms with E-state index in [1.807, 2.05) is 13.8 Å². The molecule has 0 aromatic rings. The van der Waals surface area contributed by atoms with Crippen LogP contribution in [0.5, 0.6) is 0 Å². The molecule has 0 bridgehead atoms. The molecule has 0 radical (unpaired) electrons. The summed E-state index contributed by atoms with van der Waals surface area (Å²) in [6.07, 6.45) is 2.11. The zero-order valence-electron chi connectivity index (χ0n) is 18.4. The van der Waals surface area contributed by atoms with Crippen molar-refractivity contribution in [3.05, 3.63) is 12.2 Å². The van der Waals surface area contributed by atoms with E-state index >= 15 is 0 Å². The zero-order valence-corrected chi connectivity index (χ0v) is 19.2. The lowest BCUT2D eigenvalue weighted by Gasteiger charge is -2.31. The lowest BCUT2D eigenvalue weighted by molar-refractivity contribution is -0.148. The van der Waals surface area contributed by atoms with Gasteiger partial charge in [0, 0.05) is 6.08 Å². The number of carbonyl (C=O) groups is 2.